The fourth-order valence-electron chi connectivity index (χ4n) is 1.13. The van der Waals surface area contributed by atoms with Crippen molar-refractivity contribution in [2.75, 3.05) is 18.4 Å². The van der Waals surface area contributed by atoms with Crippen LogP contribution in [0.2, 0.25) is 0 Å². The van der Waals surface area contributed by atoms with E-state index in [1.807, 2.05) is 6.07 Å². The minimum absolute atomic E-state index is 0.0690. The summed E-state index contributed by atoms with van der Waals surface area (Å²) in [4.78, 5) is 11.2. The van der Waals surface area contributed by atoms with E-state index in [-0.39, 0.29) is 31.1 Å². The molecule has 0 spiro atoms. The van der Waals surface area contributed by atoms with Crippen molar-refractivity contribution >= 4 is 11.6 Å². The van der Waals surface area contributed by atoms with Gasteiger partial charge in [0, 0.05) is 6.54 Å². The molecule has 90 valence electrons. The molecule has 0 heterocycles. The lowest BCUT2D eigenvalue weighted by Gasteiger charge is -2.07. The fourth-order valence-corrected chi connectivity index (χ4v) is 1.13. The van der Waals surface area contributed by atoms with Gasteiger partial charge in [-0.2, -0.15) is 5.26 Å². The van der Waals surface area contributed by atoms with Gasteiger partial charge in [0.15, 0.2) is 0 Å². The summed E-state index contributed by atoms with van der Waals surface area (Å²) in [5.74, 6) is -1.60. The van der Waals surface area contributed by atoms with Gasteiger partial charge in [0.2, 0.25) is 5.91 Å². The molecule has 0 aromatic heterocycles. The van der Waals surface area contributed by atoms with Gasteiger partial charge in [-0.05, 0) is 18.2 Å². The smallest absolute Gasteiger partial charge is 0.239 e. The van der Waals surface area contributed by atoms with E-state index in [0.717, 1.165) is 18.2 Å². The molecular formula is C11H11F2N3O. The van der Waals surface area contributed by atoms with Crippen LogP contribution in [0, 0.1) is 23.0 Å². The van der Waals surface area contributed by atoms with Gasteiger partial charge in [0.25, 0.3) is 0 Å². The molecule has 0 aliphatic carbocycles. The first kappa shape index (κ1) is 12.9. The summed E-state index contributed by atoms with van der Waals surface area (Å²) in [7, 11) is 0. The number of carbonyl (C=O) groups is 1. The lowest BCUT2D eigenvalue weighted by Crippen LogP contribution is -2.30. The van der Waals surface area contributed by atoms with Crippen molar-refractivity contribution in [3.05, 3.63) is 29.8 Å². The van der Waals surface area contributed by atoms with Crippen LogP contribution in [0.3, 0.4) is 0 Å². The van der Waals surface area contributed by atoms with Gasteiger partial charge in [0.05, 0.1) is 24.7 Å². The van der Waals surface area contributed by atoms with Gasteiger partial charge in [0.1, 0.15) is 11.6 Å². The van der Waals surface area contributed by atoms with Crippen molar-refractivity contribution in [2.24, 2.45) is 0 Å². The van der Waals surface area contributed by atoms with E-state index in [1.165, 1.54) is 0 Å². The standard InChI is InChI=1S/C11H11F2N3O/c12-8-2-3-9(13)10(6-8)16-7-11(17)15-5-1-4-14/h2-3,6,16H,1,5,7H2,(H,15,17). The minimum atomic E-state index is -0.628. The summed E-state index contributed by atoms with van der Waals surface area (Å²) in [6.07, 6.45) is 0.208. The second kappa shape index (κ2) is 6.43. The summed E-state index contributed by atoms with van der Waals surface area (Å²) in [6, 6.07) is 4.81. The monoisotopic (exact) mass is 239 g/mol. The molecule has 0 aliphatic rings. The van der Waals surface area contributed by atoms with E-state index in [4.69, 9.17) is 5.26 Å². The van der Waals surface area contributed by atoms with Crippen molar-refractivity contribution in [1.29, 1.82) is 5.26 Å². The SMILES string of the molecule is N#CCCNC(=O)CNc1cc(F)ccc1F. The highest BCUT2D eigenvalue weighted by Gasteiger charge is 2.05. The number of hydrogen-bond donors (Lipinski definition) is 2. The van der Waals surface area contributed by atoms with E-state index in [9.17, 15) is 13.6 Å². The van der Waals surface area contributed by atoms with Gasteiger partial charge >= 0.3 is 0 Å². The molecular weight excluding hydrogens is 228 g/mol. The minimum Gasteiger partial charge on any atom is -0.374 e. The first-order valence-corrected chi connectivity index (χ1v) is 4.96. The Labute approximate surface area is 97.2 Å². The molecule has 1 aromatic rings. The maximum atomic E-state index is 13.1. The molecule has 6 heteroatoms. The van der Waals surface area contributed by atoms with Gasteiger partial charge in [-0.15, -0.1) is 0 Å². The highest BCUT2D eigenvalue weighted by atomic mass is 19.1. The molecule has 0 unspecified atom stereocenters. The summed E-state index contributed by atoms with van der Waals surface area (Å²) in [5.41, 5.74) is -0.0690. The number of carbonyl (C=O) groups excluding carboxylic acids is 1. The van der Waals surface area contributed by atoms with E-state index < -0.39 is 11.6 Å². The largest absolute Gasteiger partial charge is 0.374 e. The van der Waals surface area contributed by atoms with E-state index in [2.05, 4.69) is 10.6 Å². The Bertz CT molecular complexity index is 443. The van der Waals surface area contributed by atoms with E-state index in [0.29, 0.717) is 0 Å². The summed E-state index contributed by atoms with van der Waals surface area (Å²) < 4.78 is 25.9. The summed E-state index contributed by atoms with van der Waals surface area (Å²) in [5, 5.41) is 13.2. The number of halogens is 2. The van der Waals surface area contributed by atoms with E-state index in [1.54, 1.807) is 0 Å². The molecule has 4 nitrogen and oxygen atoms in total. The zero-order valence-corrected chi connectivity index (χ0v) is 8.96. The second-order valence-electron chi connectivity index (χ2n) is 3.24. The third kappa shape index (κ3) is 4.47. The zero-order chi connectivity index (χ0) is 12.7. The summed E-state index contributed by atoms with van der Waals surface area (Å²) in [6.45, 7) is 0.0639. The molecule has 0 saturated carbocycles. The Kier molecular flexibility index (Phi) is 4.88. The number of anilines is 1. The average Bonchev–Trinajstić information content (AvgIpc) is 2.31. The van der Waals surface area contributed by atoms with Crippen LogP contribution >= 0.6 is 0 Å². The predicted octanol–water partition coefficient (Wildman–Crippen LogP) is 1.41. The number of nitrogens with zero attached hydrogens (tertiary/aromatic N) is 1. The van der Waals surface area contributed by atoms with Crippen molar-refractivity contribution in [2.45, 2.75) is 6.42 Å². The zero-order valence-electron chi connectivity index (χ0n) is 8.96. The number of benzene rings is 1. The Balaban J connectivity index is 2.42. The highest BCUT2D eigenvalue weighted by Crippen LogP contribution is 2.14. The van der Waals surface area contributed by atoms with Crippen LogP contribution < -0.4 is 10.6 Å². The van der Waals surface area contributed by atoms with Gasteiger partial charge in [-0.25, -0.2) is 8.78 Å². The van der Waals surface area contributed by atoms with Crippen LogP contribution in [-0.4, -0.2) is 19.0 Å². The number of nitrogens with one attached hydrogen (secondary N) is 2. The molecule has 17 heavy (non-hydrogen) atoms. The maximum Gasteiger partial charge on any atom is 0.239 e. The molecule has 1 aromatic carbocycles. The van der Waals surface area contributed by atoms with Crippen molar-refractivity contribution < 1.29 is 13.6 Å². The van der Waals surface area contributed by atoms with Crippen LogP contribution in [-0.2, 0) is 4.79 Å². The molecule has 1 amide bonds. The maximum absolute atomic E-state index is 13.1. The average molecular weight is 239 g/mol. The predicted molar refractivity (Wildman–Crippen MR) is 58.1 cm³/mol. The Morgan fingerprint density at radius 3 is 2.88 bits per heavy atom. The third-order valence-electron chi connectivity index (χ3n) is 1.93. The van der Waals surface area contributed by atoms with Crippen molar-refractivity contribution in [3.63, 3.8) is 0 Å². The van der Waals surface area contributed by atoms with Crippen LogP contribution in [0.5, 0.6) is 0 Å². The van der Waals surface area contributed by atoms with E-state index >= 15 is 0 Å². The lowest BCUT2D eigenvalue weighted by atomic mass is 10.3. The van der Waals surface area contributed by atoms with Crippen LogP contribution in [0.25, 0.3) is 0 Å². The van der Waals surface area contributed by atoms with Gasteiger partial charge in [-0.1, -0.05) is 0 Å². The number of hydrogen-bond acceptors (Lipinski definition) is 3. The van der Waals surface area contributed by atoms with Gasteiger partial charge in [-0.3, -0.25) is 4.79 Å². The molecule has 0 fully saturated rings. The molecule has 1 rings (SSSR count). The highest BCUT2D eigenvalue weighted by molar-refractivity contribution is 5.80. The van der Waals surface area contributed by atoms with Crippen LogP contribution in [0.1, 0.15) is 6.42 Å². The number of amides is 1. The quantitative estimate of drug-likeness (QED) is 0.763. The number of rotatable bonds is 5. The molecule has 0 bridgehead atoms. The Morgan fingerprint density at radius 2 is 2.18 bits per heavy atom. The Hall–Kier alpha value is -2.16. The lowest BCUT2D eigenvalue weighted by molar-refractivity contribution is -0.119. The molecule has 2 N–H and O–H groups in total. The van der Waals surface area contributed by atoms with Crippen molar-refractivity contribution in [1.82, 2.24) is 5.32 Å². The molecule has 0 aliphatic heterocycles. The second-order valence-corrected chi connectivity index (χ2v) is 3.24. The third-order valence-corrected chi connectivity index (χ3v) is 1.93. The Morgan fingerprint density at radius 1 is 1.41 bits per heavy atom. The summed E-state index contributed by atoms with van der Waals surface area (Å²) >= 11 is 0. The molecule has 0 atom stereocenters. The van der Waals surface area contributed by atoms with Crippen molar-refractivity contribution in [3.8, 4) is 6.07 Å². The molecule has 0 radical (unpaired) electrons. The first-order valence-electron chi connectivity index (χ1n) is 4.96. The normalized spacial score (nSPS) is 9.47. The number of nitriles is 1. The van der Waals surface area contributed by atoms with Crippen LogP contribution in [0.4, 0.5) is 14.5 Å². The molecule has 0 saturated heterocycles. The van der Waals surface area contributed by atoms with Gasteiger partial charge < -0.3 is 10.6 Å². The van der Waals surface area contributed by atoms with Crippen LogP contribution in [0.15, 0.2) is 18.2 Å². The topological polar surface area (TPSA) is 64.9 Å². The first-order chi connectivity index (χ1) is 8.13. The fraction of sp³-hybridized carbons (Fsp3) is 0.273.